The van der Waals surface area contributed by atoms with Gasteiger partial charge in [-0.1, -0.05) is 18.2 Å². The maximum absolute atomic E-state index is 12.3. The lowest BCUT2D eigenvalue weighted by Crippen LogP contribution is -2.30. The Morgan fingerprint density at radius 1 is 1.27 bits per heavy atom. The molecule has 0 spiro atoms. The number of aromatic nitrogens is 2. The summed E-state index contributed by atoms with van der Waals surface area (Å²) in [5.41, 5.74) is 5.88. The Labute approximate surface area is 153 Å². The van der Waals surface area contributed by atoms with Crippen molar-refractivity contribution in [3.05, 3.63) is 46.3 Å². The van der Waals surface area contributed by atoms with Crippen molar-refractivity contribution in [2.24, 2.45) is 7.05 Å². The van der Waals surface area contributed by atoms with Gasteiger partial charge in [-0.3, -0.25) is 14.3 Å². The Morgan fingerprint density at radius 3 is 2.69 bits per heavy atom. The van der Waals surface area contributed by atoms with Gasteiger partial charge in [0, 0.05) is 7.05 Å². The Hall–Kier alpha value is -2.63. The number of nitrogens with one attached hydrogen (secondary N) is 1. The lowest BCUT2D eigenvalue weighted by molar-refractivity contribution is -0.152. The van der Waals surface area contributed by atoms with Crippen LogP contribution in [0.2, 0.25) is 0 Å². The number of esters is 1. The summed E-state index contributed by atoms with van der Waals surface area (Å²) in [6.45, 7) is 5.28. The van der Waals surface area contributed by atoms with E-state index in [0.717, 1.165) is 29.8 Å². The number of amides is 1. The minimum atomic E-state index is -0.865. The lowest BCUT2D eigenvalue weighted by Gasteiger charge is -2.14. The Balaban J connectivity index is 1.57. The first-order valence-electron chi connectivity index (χ1n) is 8.96. The van der Waals surface area contributed by atoms with Crippen LogP contribution in [0.4, 0.5) is 5.69 Å². The van der Waals surface area contributed by atoms with Gasteiger partial charge in [0.15, 0.2) is 6.10 Å². The van der Waals surface area contributed by atoms with E-state index in [2.05, 4.69) is 22.5 Å². The van der Waals surface area contributed by atoms with Crippen LogP contribution in [0.1, 0.15) is 41.4 Å². The van der Waals surface area contributed by atoms with Crippen LogP contribution in [-0.4, -0.2) is 27.8 Å². The second-order valence-electron chi connectivity index (χ2n) is 6.92. The van der Waals surface area contributed by atoms with Crippen molar-refractivity contribution in [3.63, 3.8) is 0 Å². The molecule has 3 rings (SSSR count). The molecule has 0 bridgehead atoms. The molecule has 1 heterocycles. The molecular formula is C20H25N3O3. The number of benzene rings is 1. The van der Waals surface area contributed by atoms with Crippen molar-refractivity contribution >= 4 is 17.6 Å². The van der Waals surface area contributed by atoms with Crippen molar-refractivity contribution in [3.8, 4) is 0 Å². The van der Waals surface area contributed by atoms with Crippen LogP contribution < -0.4 is 5.32 Å². The van der Waals surface area contributed by atoms with E-state index in [1.165, 1.54) is 17.5 Å². The summed E-state index contributed by atoms with van der Waals surface area (Å²) < 4.78 is 7.02. The molecule has 6 nitrogen and oxygen atoms in total. The third-order valence-electron chi connectivity index (χ3n) is 4.95. The van der Waals surface area contributed by atoms with Crippen molar-refractivity contribution in [1.82, 2.24) is 9.78 Å². The van der Waals surface area contributed by atoms with E-state index >= 15 is 0 Å². The highest BCUT2D eigenvalue weighted by Gasteiger charge is 2.21. The minimum Gasteiger partial charge on any atom is -0.452 e. The first-order chi connectivity index (χ1) is 12.3. The zero-order valence-electron chi connectivity index (χ0n) is 15.8. The fraction of sp³-hybridized carbons (Fsp3) is 0.450. The molecule has 6 heteroatoms. The largest absolute Gasteiger partial charge is 0.452 e. The summed E-state index contributed by atoms with van der Waals surface area (Å²) in [7, 11) is 1.82. The minimum absolute atomic E-state index is 0.176. The monoisotopic (exact) mass is 355 g/mol. The number of nitrogens with zero attached hydrogens (tertiary/aromatic N) is 2. The van der Waals surface area contributed by atoms with Crippen LogP contribution >= 0.6 is 0 Å². The first-order valence-corrected chi connectivity index (χ1v) is 8.96. The van der Waals surface area contributed by atoms with Gasteiger partial charge in [-0.15, -0.1) is 0 Å². The van der Waals surface area contributed by atoms with Crippen molar-refractivity contribution in [2.45, 2.75) is 52.6 Å². The molecule has 1 aliphatic carbocycles. The maximum Gasteiger partial charge on any atom is 0.311 e. The SMILES string of the molecule is Cc1nn(C)c(C)c1NC(=O)[C@@H](C)OC(=O)Cc1ccc2c(c1)CCC2. The Kier molecular flexibility index (Phi) is 5.11. The average molecular weight is 355 g/mol. The van der Waals surface area contributed by atoms with Crippen LogP contribution in [0.25, 0.3) is 0 Å². The number of rotatable bonds is 5. The van der Waals surface area contributed by atoms with Gasteiger partial charge in [-0.2, -0.15) is 5.10 Å². The number of carbonyl (C=O) groups is 2. The number of hydrogen-bond acceptors (Lipinski definition) is 4. The van der Waals surface area contributed by atoms with Crippen LogP contribution in [-0.2, 0) is 40.6 Å². The van der Waals surface area contributed by atoms with Gasteiger partial charge >= 0.3 is 5.97 Å². The zero-order valence-corrected chi connectivity index (χ0v) is 15.8. The van der Waals surface area contributed by atoms with Gasteiger partial charge in [-0.05, 0) is 56.7 Å². The number of hydrogen-bond donors (Lipinski definition) is 1. The van der Waals surface area contributed by atoms with Crippen LogP contribution in [0.3, 0.4) is 0 Å². The van der Waals surface area contributed by atoms with E-state index in [0.29, 0.717) is 5.69 Å². The molecule has 0 aliphatic heterocycles. The van der Waals surface area contributed by atoms with Gasteiger partial charge in [0.05, 0.1) is 23.5 Å². The van der Waals surface area contributed by atoms with E-state index in [1.54, 1.807) is 11.6 Å². The predicted octanol–water partition coefficient (Wildman–Crippen LogP) is 2.64. The molecule has 0 fully saturated rings. The lowest BCUT2D eigenvalue weighted by atomic mass is 10.0. The Morgan fingerprint density at radius 2 is 2.00 bits per heavy atom. The molecular weight excluding hydrogens is 330 g/mol. The number of fused-ring (bicyclic) bond motifs is 1. The molecule has 0 saturated heterocycles. The molecule has 1 atom stereocenters. The molecule has 1 N–H and O–H groups in total. The maximum atomic E-state index is 12.3. The highest BCUT2D eigenvalue weighted by Crippen LogP contribution is 2.23. The summed E-state index contributed by atoms with van der Waals surface area (Å²) in [4.78, 5) is 24.5. The van der Waals surface area contributed by atoms with Gasteiger partial charge in [0.25, 0.3) is 5.91 Å². The molecule has 0 saturated carbocycles. The molecule has 138 valence electrons. The molecule has 0 unspecified atom stereocenters. The second-order valence-corrected chi connectivity index (χ2v) is 6.92. The van der Waals surface area contributed by atoms with Crippen LogP contribution in [0.5, 0.6) is 0 Å². The third-order valence-corrected chi connectivity index (χ3v) is 4.95. The van der Waals surface area contributed by atoms with Gasteiger partial charge in [0.2, 0.25) is 0 Å². The van der Waals surface area contributed by atoms with E-state index in [9.17, 15) is 9.59 Å². The predicted molar refractivity (Wildman–Crippen MR) is 99.0 cm³/mol. The number of ether oxygens (including phenoxy) is 1. The molecule has 1 amide bonds. The summed E-state index contributed by atoms with van der Waals surface area (Å²) in [6, 6.07) is 6.14. The number of carbonyl (C=O) groups excluding carboxylic acids is 2. The highest BCUT2D eigenvalue weighted by molar-refractivity contribution is 5.96. The first kappa shape index (κ1) is 18.2. The normalized spacial score (nSPS) is 14.0. The van der Waals surface area contributed by atoms with Crippen LogP contribution in [0.15, 0.2) is 18.2 Å². The summed E-state index contributed by atoms with van der Waals surface area (Å²) >= 11 is 0. The molecule has 1 aromatic carbocycles. The van der Waals surface area contributed by atoms with Gasteiger partial charge in [0.1, 0.15) is 0 Å². The van der Waals surface area contributed by atoms with E-state index in [-0.39, 0.29) is 12.3 Å². The van der Waals surface area contributed by atoms with E-state index in [4.69, 9.17) is 4.74 Å². The molecule has 1 aromatic heterocycles. The van der Waals surface area contributed by atoms with Crippen molar-refractivity contribution in [1.29, 1.82) is 0 Å². The second kappa shape index (κ2) is 7.32. The van der Waals surface area contributed by atoms with E-state index in [1.807, 2.05) is 27.0 Å². The summed E-state index contributed by atoms with van der Waals surface area (Å²) in [5.74, 6) is -0.753. The molecule has 1 aliphatic rings. The summed E-state index contributed by atoms with van der Waals surface area (Å²) in [6.07, 6.45) is 2.67. The fourth-order valence-corrected chi connectivity index (χ4v) is 3.37. The number of aryl methyl sites for hydroxylation is 4. The van der Waals surface area contributed by atoms with Crippen LogP contribution in [0, 0.1) is 13.8 Å². The van der Waals surface area contributed by atoms with Gasteiger partial charge < -0.3 is 10.1 Å². The topological polar surface area (TPSA) is 73.2 Å². The molecule has 0 radical (unpaired) electrons. The molecule has 2 aromatic rings. The van der Waals surface area contributed by atoms with Gasteiger partial charge in [-0.25, -0.2) is 0 Å². The summed E-state index contributed by atoms with van der Waals surface area (Å²) in [5, 5.41) is 7.07. The number of anilines is 1. The van der Waals surface area contributed by atoms with Crippen molar-refractivity contribution < 1.29 is 14.3 Å². The quantitative estimate of drug-likeness (QED) is 0.837. The fourth-order valence-electron chi connectivity index (χ4n) is 3.37. The molecule has 26 heavy (non-hydrogen) atoms. The third kappa shape index (κ3) is 3.79. The highest BCUT2D eigenvalue weighted by atomic mass is 16.5. The zero-order chi connectivity index (χ0) is 18.8. The Bertz CT molecular complexity index is 854. The average Bonchev–Trinajstić information content (AvgIpc) is 3.14. The van der Waals surface area contributed by atoms with E-state index < -0.39 is 12.1 Å². The van der Waals surface area contributed by atoms with Crippen molar-refractivity contribution in [2.75, 3.05) is 5.32 Å². The standard InChI is InChI=1S/C20H25N3O3/c1-12-19(13(2)23(4)22-12)21-20(25)14(3)26-18(24)11-15-8-9-16-6-5-7-17(16)10-15/h8-10,14H,5-7,11H2,1-4H3,(H,21,25)/t14-/m1/s1. The smallest absolute Gasteiger partial charge is 0.311 e.